The highest BCUT2D eigenvalue weighted by molar-refractivity contribution is 4.88. The first-order chi connectivity index (χ1) is 5.83. The van der Waals surface area contributed by atoms with Gasteiger partial charge < -0.3 is 14.6 Å². The van der Waals surface area contributed by atoms with Gasteiger partial charge in [-0.25, -0.2) is 0 Å². The van der Waals surface area contributed by atoms with E-state index in [4.69, 9.17) is 20.0 Å². The Morgan fingerprint density at radius 3 is 2.83 bits per heavy atom. The van der Waals surface area contributed by atoms with Crippen molar-refractivity contribution in [2.75, 3.05) is 13.2 Å². The largest absolute Gasteiger partial charge is 0.476 e. The average molecular weight is 171 g/mol. The molecule has 5 nitrogen and oxygen atoms in total. The first-order valence-electron chi connectivity index (χ1n) is 3.80. The van der Waals surface area contributed by atoms with Crippen LogP contribution in [-0.4, -0.2) is 24.4 Å². The van der Waals surface area contributed by atoms with Crippen molar-refractivity contribution in [3.63, 3.8) is 0 Å². The second kappa shape index (κ2) is 4.57. The minimum atomic E-state index is -0.357. The maximum Gasteiger partial charge on any atom is 0.429 e. The molecule has 0 saturated carbocycles. The van der Waals surface area contributed by atoms with Gasteiger partial charge in [0.15, 0.2) is 4.98 Å². The lowest BCUT2D eigenvalue weighted by atomic mass is 10.2. The van der Waals surface area contributed by atoms with Crippen LogP contribution < -0.4 is 0 Å². The first-order valence-corrected chi connectivity index (χ1v) is 3.80. The highest BCUT2D eigenvalue weighted by Gasteiger charge is 2.17. The highest BCUT2D eigenvalue weighted by Crippen LogP contribution is 2.13. The maximum absolute atomic E-state index is 8.95. The Balaban J connectivity index is 2.30. The Morgan fingerprint density at radius 1 is 1.58 bits per heavy atom. The Labute approximate surface area is 70.2 Å². The van der Waals surface area contributed by atoms with Gasteiger partial charge in [0, 0.05) is 12.8 Å². The number of ether oxygens (including phenoxy) is 2. The number of rotatable bonds is 2. The van der Waals surface area contributed by atoms with E-state index in [9.17, 15) is 0 Å². The van der Waals surface area contributed by atoms with E-state index in [2.05, 4.69) is 4.98 Å². The molecule has 1 N–H and O–H groups in total. The third-order valence-corrected chi connectivity index (χ3v) is 1.62. The van der Waals surface area contributed by atoms with Gasteiger partial charge >= 0.3 is 12.1 Å². The van der Waals surface area contributed by atoms with E-state index in [-0.39, 0.29) is 12.0 Å². The molecular weight excluding hydrogens is 160 g/mol. The summed E-state index contributed by atoms with van der Waals surface area (Å²) in [5, 5.41) is 17.0. The van der Waals surface area contributed by atoms with Crippen molar-refractivity contribution in [2.24, 2.45) is 0 Å². The van der Waals surface area contributed by atoms with Crippen molar-refractivity contribution >= 4 is 0 Å². The van der Waals surface area contributed by atoms with Gasteiger partial charge in [0.1, 0.15) is 6.10 Å². The van der Waals surface area contributed by atoms with Crippen LogP contribution in [0, 0.1) is 5.39 Å². The molecule has 0 aromatic carbocycles. The summed E-state index contributed by atoms with van der Waals surface area (Å²) in [5.41, 5.74) is 0. The molecular formula is C7H11N2O3+. The smallest absolute Gasteiger partial charge is 0.429 e. The molecule has 66 valence electrons. The Bertz CT molecular complexity index is 203. The molecule has 1 rings (SSSR count). The van der Waals surface area contributed by atoms with E-state index < -0.39 is 0 Å². The van der Waals surface area contributed by atoms with Gasteiger partial charge in [-0.3, -0.25) is 0 Å². The minimum absolute atomic E-state index is 0.0308. The van der Waals surface area contributed by atoms with Crippen molar-refractivity contribution in [3.8, 4) is 0 Å². The SMILES string of the molecule is N#[N+]/C=C(\O)OC1CCOCC1. The molecule has 1 saturated heterocycles. The fourth-order valence-electron chi connectivity index (χ4n) is 1.04. The lowest BCUT2D eigenvalue weighted by Crippen LogP contribution is -2.23. The van der Waals surface area contributed by atoms with Crippen molar-refractivity contribution < 1.29 is 14.6 Å². The normalized spacial score (nSPS) is 20.1. The zero-order valence-corrected chi connectivity index (χ0v) is 6.64. The van der Waals surface area contributed by atoms with Crippen LogP contribution in [0.25, 0.3) is 4.98 Å². The first kappa shape index (κ1) is 8.81. The third-order valence-electron chi connectivity index (χ3n) is 1.62. The molecule has 0 bridgehead atoms. The number of nitrogens with zero attached hydrogens (tertiary/aromatic N) is 2. The van der Waals surface area contributed by atoms with Crippen LogP contribution in [0.1, 0.15) is 12.8 Å². The lowest BCUT2D eigenvalue weighted by Gasteiger charge is -2.21. The van der Waals surface area contributed by atoms with Crippen molar-refractivity contribution in [1.29, 1.82) is 5.39 Å². The number of hydrogen-bond acceptors (Lipinski definition) is 4. The maximum atomic E-state index is 8.95. The molecule has 0 spiro atoms. The quantitative estimate of drug-likeness (QED) is 0.503. The lowest BCUT2D eigenvalue weighted by molar-refractivity contribution is -0.0367. The van der Waals surface area contributed by atoms with Crippen molar-refractivity contribution in [2.45, 2.75) is 18.9 Å². The number of aliphatic hydroxyl groups excluding tert-OH is 1. The molecule has 0 amide bonds. The summed E-state index contributed by atoms with van der Waals surface area (Å²) in [6.07, 6.45) is 2.33. The summed E-state index contributed by atoms with van der Waals surface area (Å²) in [6.45, 7) is 1.29. The zero-order chi connectivity index (χ0) is 8.81. The standard InChI is InChI=1S/C7H10N2O3/c8-9-5-7(10)12-6-1-3-11-4-2-6/h5-6H,1-4H2/p+1/b7-5+. The molecule has 0 atom stereocenters. The molecule has 0 aromatic heterocycles. The van der Waals surface area contributed by atoms with Crippen molar-refractivity contribution in [3.05, 3.63) is 17.1 Å². The summed E-state index contributed by atoms with van der Waals surface area (Å²) in [5.74, 6) is -0.357. The van der Waals surface area contributed by atoms with E-state index >= 15 is 0 Å². The summed E-state index contributed by atoms with van der Waals surface area (Å²) in [7, 11) is 0. The Hall–Kier alpha value is -1.28. The van der Waals surface area contributed by atoms with Crippen LogP contribution in [-0.2, 0) is 9.47 Å². The van der Waals surface area contributed by atoms with Crippen LogP contribution >= 0.6 is 0 Å². The van der Waals surface area contributed by atoms with E-state index in [1.54, 1.807) is 0 Å². The molecule has 0 aromatic rings. The zero-order valence-electron chi connectivity index (χ0n) is 6.64. The van der Waals surface area contributed by atoms with Crippen LogP contribution in [0.2, 0.25) is 0 Å². The molecule has 0 unspecified atom stereocenters. The number of hydrogen-bond donors (Lipinski definition) is 1. The van der Waals surface area contributed by atoms with E-state index in [1.807, 2.05) is 0 Å². The molecule has 0 radical (unpaired) electrons. The predicted octanol–water partition coefficient (Wildman–Crippen LogP) is 1.39. The summed E-state index contributed by atoms with van der Waals surface area (Å²) >= 11 is 0. The Morgan fingerprint density at radius 2 is 2.25 bits per heavy atom. The van der Waals surface area contributed by atoms with Crippen molar-refractivity contribution in [1.82, 2.24) is 0 Å². The van der Waals surface area contributed by atoms with Gasteiger partial charge in [-0.2, -0.15) is 0 Å². The number of diazo groups is 1. The molecule has 1 aliphatic heterocycles. The summed E-state index contributed by atoms with van der Waals surface area (Å²) in [6, 6.07) is 0. The minimum Gasteiger partial charge on any atom is -0.476 e. The fourth-order valence-corrected chi connectivity index (χ4v) is 1.04. The van der Waals surface area contributed by atoms with Crippen LogP contribution in [0.5, 0.6) is 0 Å². The third kappa shape index (κ3) is 2.76. The van der Waals surface area contributed by atoms with Gasteiger partial charge in [0.05, 0.1) is 13.2 Å². The molecule has 12 heavy (non-hydrogen) atoms. The molecule has 1 fully saturated rings. The Kier molecular flexibility index (Phi) is 3.35. The van der Waals surface area contributed by atoms with E-state index in [1.165, 1.54) is 0 Å². The monoisotopic (exact) mass is 171 g/mol. The van der Waals surface area contributed by atoms with Gasteiger partial charge in [-0.05, 0) is 0 Å². The predicted molar refractivity (Wildman–Crippen MR) is 40.7 cm³/mol. The van der Waals surface area contributed by atoms with Gasteiger partial charge in [0.2, 0.25) is 5.39 Å². The molecule has 1 heterocycles. The van der Waals surface area contributed by atoms with Gasteiger partial charge in [-0.1, -0.05) is 0 Å². The summed E-state index contributed by atoms with van der Waals surface area (Å²) < 4.78 is 10.1. The van der Waals surface area contributed by atoms with E-state index in [0.717, 1.165) is 19.0 Å². The van der Waals surface area contributed by atoms with Crippen LogP contribution in [0.4, 0.5) is 0 Å². The van der Waals surface area contributed by atoms with Crippen LogP contribution in [0.3, 0.4) is 0 Å². The molecule has 0 aliphatic carbocycles. The summed E-state index contributed by atoms with van der Waals surface area (Å²) in [4.78, 5) is 2.63. The van der Waals surface area contributed by atoms with Gasteiger partial charge in [-0.15, -0.1) is 0 Å². The van der Waals surface area contributed by atoms with Crippen LogP contribution in [0.15, 0.2) is 12.1 Å². The van der Waals surface area contributed by atoms with Gasteiger partial charge in [0.25, 0.3) is 0 Å². The molecule has 5 heteroatoms. The number of aliphatic hydroxyl groups is 1. The fraction of sp³-hybridized carbons (Fsp3) is 0.714. The topological polar surface area (TPSA) is 66.8 Å². The molecule has 1 aliphatic rings. The average Bonchev–Trinajstić information content (AvgIpc) is 2.06. The second-order valence-corrected chi connectivity index (χ2v) is 2.51. The second-order valence-electron chi connectivity index (χ2n) is 2.51. The van der Waals surface area contributed by atoms with E-state index in [0.29, 0.717) is 13.2 Å². The highest BCUT2D eigenvalue weighted by atomic mass is 16.6.